The Labute approximate surface area is 112 Å². The molecule has 0 atom stereocenters. The summed E-state index contributed by atoms with van der Waals surface area (Å²) in [5.41, 5.74) is 3.67. The lowest BCUT2D eigenvalue weighted by Gasteiger charge is -2.21. The highest BCUT2D eigenvalue weighted by Crippen LogP contribution is 2.29. The van der Waals surface area contributed by atoms with Gasteiger partial charge in [0.2, 0.25) is 0 Å². The molecule has 0 saturated heterocycles. The second-order valence-corrected chi connectivity index (χ2v) is 4.61. The van der Waals surface area contributed by atoms with E-state index in [-0.39, 0.29) is 0 Å². The highest BCUT2D eigenvalue weighted by molar-refractivity contribution is 6.30. The van der Waals surface area contributed by atoms with Gasteiger partial charge in [-0.15, -0.1) is 0 Å². The molecule has 0 bridgehead atoms. The molecule has 0 radical (unpaired) electrons. The van der Waals surface area contributed by atoms with Crippen LogP contribution in [0.1, 0.15) is 11.1 Å². The molecule has 0 aliphatic carbocycles. The Morgan fingerprint density at radius 1 is 1.17 bits per heavy atom. The summed E-state index contributed by atoms with van der Waals surface area (Å²) >= 11 is 5.90. The largest absolute Gasteiger partial charge is 0.344 e. The highest BCUT2D eigenvalue weighted by atomic mass is 35.5. The molecule has 0 spiro atoms. The van der Waals surface area contributed by atoms with Gasteiger partial charge in [0.1, 0.15) is 6.07 Å². The second-order valence-electron chi connectivity index (χ2n) is 4.17. The fourth-order valence-corrected chi connectivity index (χ4v) is 2.04. The van der Waals surface area contributed by atoms with Gasteiger partial charge >= 0.3 is 0 Å². The fraction of sp³-hybridized carbons (Fsp3) is 0.133. The number of hydrogen-bond donors (Lipinski definition) is 0. The molecule has 2 rings (SSSR count). The van der Waals surface area contributed by atoms with Crippen LogP contribution in [-0.2, 0) is 0 Å². The van der Waals surface area contributed by atoms with E-state index < -0.39 is 0 Å². The van der Waals surface area contributed by atoms with Gasteiger partial charge in [0, 0.05) is 17.8 Å². The molecule has 0 fully saturated rings. The molecule has 90 valence electrons. The maximum absolute atomic E-state index is 9.16. The van der Waals surface area contributed by atoms with Gasteiger partial charge < -0.3 is 4.90 Å². The quantitative estimate of drug-likeness (QED) is 0.802. The van der Waals surface area contributed by atoms with Crippen molar-refractivity contribution in [2.45, 2.75) is 6.92 Å². The van der Waals surface area contributed by atoms with Crippen LogP contribution in [0.15, 0.2) is 42.5 Å². The Morgan fingerprint density at radius 3 is 2.61 bits per heavy atom. The van der Waals surface area contributed by atoms with Crippen molar-refractivity contribution in [3.05, 3.63) is 58.6 Å². The van der Waals surface area contributed by atoms with Gasteiger partial charge in [-0.2, -0.15) is 5.26 Å². The van der Waals surface area contributed by atoms with E-state index in [0.29, 0.717) is 10.6 Å². The molecule has 2 aromatic carbocycles. The zero-order valence-corrected chi connectivity index (χ0v) is 11.1. The third kappa shape index (κ3) is 2.47. The second kappa shape index (κ2) is 5.12. The Morgan fingerprint density at radius 2 is 1.94 bits per heavy atom. The Kier molecular flexibility index (Phi) is 3.55. The third-order valence-electron chi connectivity index (χ3n) is 2.83. The first-order valence-electron chi connectivity index (χ1n) is 5.62. The lowest BCUT2D eigenvalue weighted by atomic mass is 10.1. The van der Waals surface area contributed by atoms with Crippen molar-refractivity contribution in [3.8, 4) is 6.07 Å². The van der Waals surface area contributed by atoms with Crippen LogP contribution in [0, 0.1) is 18.3 Å². The van der Waals surface area contributed by atoms with E-state index >= 15 is 0 Å². The summed E-state index contributed by atoms with van der Waals surface area (Å²) in [5.74, 6) is 0. The minimum atomic E-state index is 0.575. The van der Waals surface area contributed by atoms with Crippen LogP contribution in [0.25, 0.3) is 0 Å². The summed E-state index contributed by atoms with van der Waals surface area (Å²) < 4.78 is 0. The molecule has 0 saturated carbocycles. The van der Waals surface area contributed by atoms with Gasteiger partial charge in [0.15, 0.2) is 0 Å². The monoisotopic (exact) mass is 256 g/mol. The van der Waals surface area contributed by atoms with Crippen LogP contribution in [-0.4, -0.2) is 7.05 Å². The van der Waals surface area contributed by atoms with Crippen LogP contribution in [0.2, 0.25) is 5.02 Å². The molecule has 2 aromatic rings. The summed E-state index contributed by atoms with van der Waals surface area (Å²) in [5, 5.41) is 9.73. The maximum Gasteiger partial charge on any atom is 0.101 e. The number of nitriles is 1. The van der Waals surface area contributed by atoms with Crippen molar-refractivity contribution < 1.29 is 0 Å². The van der Waals surface area contributed by atoms with Crippen molar-refractivity contribution in [1.82, 2.24) is 0 Å². The summed E-state index contributed by atoms with van der Waals surface area (Å²) in [4.78, 5) is 1.99. The summed E-state index contributed by atoms with van der Waals surface area (Å²) in [6.07, 6.45) is 0. The zero-order chi connectivity index (χ0) is 13.1. The Bertz CT molecular complexity index is 614. The Hall–Kier alpha value is -1.98. The predicted molar refractivity (Wildman–Crippen MR) is 75.4 cm³/mol. The number of hydrogen-bond acceptors (Lipinski definition) is 2. The molecule has 18 heavy (non-hydrogen) atoms. The number of anilines is 2. The van der Waals surface area contributed by atoms with Crippen LogP contribution in [0.5, 0.6) is 0 Å². The summed E-state index contributed by atoms with van der Waals surface area (Å²) in [6, 6.07) is 15.7. The first-order valence-corrected chi connectivity index (χ1v) is 5.99. The summed E-state index contributed by atoms with van der Waals surface area (Å²) in [7, 11) is 1.94. The van der Waals surface area contributed by atoms with Crippen molar-refractivity contribution in [2.24, 2.45) is 0 Å². The number of nitrogens with zero attached hydrogens (tertiary/aromatic N) is 2. The predicted octanol–water partition coefficient (Wildman–Crippen LogP) is 4.29. The smallest absolute Gasteiger partial charge is 0.101 e. The van der Waals surface area contributed by atoms with E-state index in [2.05, 4.69) is 12.1 Å². The van der Waals surface area contributed by atoms with Crippen LogP contribution in [0.3, 0.4) is 0 Å². The van der Waals surface area contributed by atoms with Crippen molar-refractivity contribution in [3.63, 3.8) is 0 Å². The molecule has 0 amide bonds. The lowest BCUT2D eigenvalue weighted by Crippen LogP contribution is -2.11. The minimum absolute atomic E-state index is 0.575. The zero-order valence-electron chi connectivity index (χ0n) is 10.3. The Balaban J connectivity index is 2.46. The van der Waals surface area contributed by atoms with Gasteiger partial charge in [-0.05, 0) is 42.8 Å². The average Bonchev–Trinajstić information content (AvgIpc) is 2.37. The third-order valence-corrected chi connectivity index (χ3v) is 3.06. The number of halogens is 1. The molecular weight excluding hydrogens is 244 g/mol. The van der Waals surface area contributed by atoms with Gasteiger partial charge in [-0.1, -0.05) is 23.7 Å². The van der Waals surface area contributed by atoms with Crippen molar-refractivity contribution >= 4 is 23.0 Å². The number of rotatable bonds is 2. The SMILES string of the molecule is Cc1cccc(N(C)c2ccc(Cl)cc2C#N)c1. The standard InChI is InChI=1S/C15H13ClN2/c1-11-4-3-5-14(8-11)18(2)15-7-6-13(16)9-12(15)10-17/h3-9H,1-2H3. The molecule has 3 heteroatoms. The van der Waals surface area contributed by atoms with E-state index in [0.717, 1.165) is 11.4 Å². The maximum atomic E-state index is 9.16. The van der Waals surface area contributed by atoms with E-state index in [1.54, 1.807) is 12.1 Å². The molecular formula is C15H13ClN2. The van der Waals surface area contributed by atoms with Gasteiger partial charge in [0.05, 0.1) is 11.3 Å². The normalized spacial score (nSPS) is 9.89. The molecule has 2 nitrogen and oxygen atoms in total. The number of aryl methyl sites for hydroxylation is 1. The summed E-state index contributed by atoms with van der Waals surface area (Å²) in [6.45, 7) is 2.05. The molecule has 0 aromatic heterocycles. The molecule has 0 heterocycles. The topological polar surface area (TPSA) is 27.0 Å². The molecule has 0 unspecified atom stereocenters. The highest BCUT2D eigenvalue weighted by Gasteiger charge is 2.09. The van der Waals surface area contributed by atoms with Gasteiger partial charge in [-0.3, -0.25) is 0 Å². The fourth-order valence-electron chi connectivity index (χ4n) is 1.87. The molecule has 0 aliphatic heterocycles. The van der Waals surface area contributed by atoms with Crippen molar-refractivity contribution in [1.29, 1.82) is 5.26 Å². The molecule has 0 aliphatic rings. The van der Waals surface area contributed by atoms with Crippen LogP contribution in [0.4, 0.5) is 11.4 Å². The van der Waals surface area contributed by atoms with Gasteiger partial charge in [0.25, 0.3) is 0 Å². The average molecular weight is 257 g/mol. The van der Waals surface area contributed by atoms with E-state index in [1.165, 1.54) is 5.56 Å². The van der Waals surface area contributed by atoms with Crippen LogP contribution < -0.4 is 4.90 Å². The van der Waals surface area contributed by atoms with Gasteiger partial charge in [-0.25, -0.2) is 0 Å². The number of benzene rings is 2. The van der Waals surface area contributed by atoms with Crippen LogP contribution >= 0.6 is 11.6 Å². The van der Waals surface area contributed by atoms with E-state index in [1.807, 2.05) is 43.1 Å². The lowest BCUT2D eigenvalue weighted by molar-refractivity contribution is 1.19. The molecule has 0 N–H and O–H groups in total. The van der Waals surface area contributed by atoms with E-state index in [4.69, 9.17) is 16.9 Å². The van der Waals surface area contributed by atoms with E-state index in [9.17, 15) is 0 Å². The minimum Gasteiger partial charge on any atom is -0.344 e. The first kappa shape index (κ1) is 12.5. The van der Waals surface area contributed by atoms with Crippen molar-refractivity contribution in [2.75, 3.05) is 11.9 Å². The first-order chi connectivity index (χ1) is 8.61.